The first-order valence-electron chi connectivity index (χ1n) is 8.63. The molecule has 1 atom stereocenters. The predicted molar refractivity (Wildman–Crippen MR) is 100 cm³/mol. The molecule has 4 heteroatoms. The molecule has 0 bridgehead atoms. The molecule has 0 spiro atoms. The van der Waals surface area contributed by atoms with Crippen LogP contribution >= 0.6 is 0 Å². The minimum atomic E-state index is -0.335. The summed E-state index contributed by atoms with van der Waals surface area (Å²) in [5.41, 5.74) is 3.72. The normalized spacial score (nSPS) is 12.6. The van der Waals surface area contributed by atoms with Crippen LogP contribution in [0.4, 0.5) is 4.39 Å². The fourth-order valence-corrected chi connectivity index (χ4v) is 3.18. The molecule has 0 fully saturated rings. The van der Waals surface area contributed by atoms with E-state index in [0.717, 1.165) is 23.2 Å². The largest absolute Gasteiger partial charge is 0.268 e. The summed E-state index contributed by atoms with van der Waals surface area (Å²) in [4.78, 5) is 17.9. The fourth-order valence-electron chi connectivity index (χ4n) is 3.18. The molecule has 1 unspecified atom stereocenters. The Morgan fingerprint density at radius 1 is 1.08 bits per heavy atom. The van der Waals surface area contributed by atoms with Crippen molar-refractivity contribution in [3.8, 4) is 5.69 Å². The average molecular weight is 338 g/mol. The minimum absolute atomic E-state index is 0.0854. The zero-order chi connectivity index (χ0) is 18.3. The van der Waals surface area contributed by atoms with E-state index in [0.29, 0.717) is 22.3 Å². The molecule has 1 aromatic heterocycles. The lowest BCUT2D eigenvalue weighted by Crippen LogP contribution is -2.25. The van der Waals surface area contributed by atoms with Gasteiger partial charge in [0.15, 0.2) is 0 Å². The van der Waals surface area contributed by atoms with Crippen molar-refractivity contribution in [2.24, 2.45) is 0 Å². The maximum absolute atomic E-state index is 14.0. The van der Waals surface area contributed by atoms with E-state index in [1.807, 2.05) is 32.9 Å². The smallest absolute Gasteiger partial charge is 0.265 e. The highest BCUT2D eigenvalue weighted by atomic mass is 19.1. The lowest BCUT2D eigenvalue weighted by Gasteiger charge is -2.18. The van der Waals surface area contributed by atoms with Gasteiger partial charge in [0, 0.05) is 12.0 Å². The van der Waals surface area contributed by atoms with Crippen molar-refractivity contribution in [1.82, 2.24) is 9.55 Å². The van der Waals surface area contributed by atoms with Gasteiger partial charge in [-0.1, -0.05) is 19.9 Å². The molecule has 3 aromatic rings. The van der Waals surface area contributed by atoms with Gasteiger partial charge >= 0.3 is 0 Å². The third-order valence-corrected chi connectivity index (χ3v) is 4.69. The van der Waals surface area contributed by atoms with E-state index in [4.69, 9.17) is 0 Å². The SMILES string of the molecule is CCC(C)c1nc2cc(F)c(C)cc2c(=O)n1-c1cc(C)cc(C)c1. The van der Waals surface area contributed by atoms with Crippen molar-refractivity contribution in [3.05, 3.63) is 69.0 Å². The summed E-state index contributed by atoms with van der Waals surface area (Å²) in [6, 6.07) is 9.02. The summed E-state index contributed by atoms with van der Waals surface area (Å²) < 4.78 is 15.7. The maximum atomic E-state index is 14.0. The Labute approximate surface area is 147 Å². The molecule has 0 aliphatic heterocycles. The zero-order valence-corrected chi connectivity index (χ0v) is 15.4. The van der Waals surface area contributed by atoms with Gasteiger partial charge in [-0.2, -0.15) is 0 Å². The topological polar surface area (TPSA) is 34.9 Å². The highest BCUT2D eigenvalue weighted by Crippen LogP contribution is 2.24. The summed E-state index contributed by atoms with van der Waals surface area (Å²) in [6.45, 7) is 9.79. The van der Waals surface area contributed by atoms with Gasteiger partial charge < -0.3 is 0 Å². The van der Waals surface area contributed by atoms with Gasteiger partial charge in [0.1, 0.15) is 11.6 Å². The van der Waals surface area contributed by atoms with Crippen LogP contribution < -0.4 is 5.56 Å². The van der Waals surface area contributed by atoms with E-state index in [9.17, 15) is 9.18 Å². The third kappa shape index (κ3) is 3.09. The molecule has 1 heterocycles. The van der Waals surface area contributed by atoms with Crippen molar-refractivity contribution in [2.45, 2.75) is 47.0 Å². The molecular formula is C21H23FN2O. The second-order valence-corrected chi connectivity index (χ2v) is 6.88. The Hall–Kier alpha value is -2.49. The van der Waals surface area contributed by atoms with Crippen LogP contribution in [0.15, 0.2) is 35.1 Å². The fraction of sp³-hybridized carbons (Fsp3) is 0.333. The van der Waals surface area contributed by atoms with Gasteiger partial charge in [0.2, 0.25) is 0 Å². The van der Waals surface area contributed by atoms with Crippen LogP contribution in [0, 0.1) is 26.6 Å². The van der Waals surface area contributed by atoms with Crippen LogP contribution in [0.25, 0.3) is 16.6 Å². The van der Waals surface area contributed by atoms with Gasteiger partial charge in [0.25, 0.3) is 5.56 Å². The van der Waals surface area contributed by atoms with Crippen molar-refractivity contribution >= 4 is 10.9 Å². The monoisotopic (exact) mass is 338 g/mol. The van der Waals surface area contributed by atoms with Gasteiger partial charge in [-0.05, 0) is 62.1 Å². The molecule has 0 amide bonds. The quantitative estimate of drug-likeness (QED) is 0.676. The molecule has 3 nitrogen and oxygen atoms in total. The van der Waals surface area contributed by atoms with E-state index in [1.54, 1.807) is 17.6 Å². The first kappa shape index (κ1) is 17.3. The summed E-state index contributed by atoms with van der Waals surface area (Å²) in [7, 11) is 0. The van der Waals surface area contributed by atoms with E-state index < -0.39 is 0 Å². The van der Waals surface area contributed by atoms with E-state index >= 15 is 0 Å². The van der Waals surface area contributed by atoms with Crippen LogP contribution in [0.3, 0.4) is 0 Å². The molecule has 0 saturated heterocycles. The number of rotatable bonds is 3. The molecule has 0 N–H and O–H groups in total. The van der Waals surface area contributed by atoms with Crippen LogP contribution in [0.1, 0.15) is 48.7 Å². The van der Waals surface area contributed by atoms with Crippen molar-refractivity contribution in [3.63, 3.8) is 0 Å². The molecule has 2 aromatic carbocycles. The van der Waals surface area contributed by atoms with Crippen LogP contribution in [-0.4, -0.2) is 9.55 Å². The number of benzene rings is 2. The van der Waals surface area contributed by atoms with Gasteiger partial charge in [-0.15, -0.1) is 0 Å². The van der Waals surface area contributed by atoms with Gasteiger partial charge in [-0.3, -0.25) is 9.36 Å². The number of aryl methyl sites for hydroxylation is 3. The molecule has 0 radical (unpaired) electrons. The summed E-state index contributed by atoms with van der Waals surface area (Å²) in [5.74, 6) is 0.425. The van der Waals surface area contributed by atoms with Crippen molar-refractivity contribution in [1.29, 1.82) is 0 Å². The average Bonchev–Trinajstić information content (AvgIpc) is 2.54. The molecule has 130 valence electrons. The lowest BCUT2D eigenvalue weighted by molar-refractivity contribution is 0.618. The zero-order valence-electron chi connectivity index (χ0n) is 15.4. The van der Waals surface area contributed by atoms with Gasteiger partial charge in [-0.25, -0.2) is 9.37 Å². The molecule has 0 saturated carbocycles. The molecule has 25 heavy (non-hydrogen) atoms. The third-order valence-electron chi connectivity index (χ3n) is 4.69. The number of nitrogens with zero attached hydrogens (tertiary/aromatic N) is 2. The number of halogens is 1. The first-order valence-corrected chi connectivity index (χ1v) is 8.63. The second-order valence-electron chi connectivity index (χ2n) is 6.88. The Bertz CT molecular complexity index is 1000. The lowest BCUT2D eigenvalue weighted by atomic mass is 10.1. The minimum Gasteiger partial charge on any atom is -0.268 e. The standard InChI is InChI=1S/C21H23FN2O/c1-6-14(4)20-23-19-11-18(22)15(5)10-17(19)21(25)24(20)16-8-12(2)7-13(3)9-16/h7-11,14H,6H2,1-5H3. The van der Waals surface area contributed by atoms with Crippen LogP contribution in [0.5, 0.6) is 0 Å². The van der Waals surface area contributed by atoms with Crippen LogP contribution in [-0.2, 0) is 0 Å². The molecule has 0 aliphatic rings. The molecule has 3 rings (SSSR count). The Balaban J connectivity index is 2.44. The van der Waals surface area contributed by atoms with Crippen molar-refractivity contribution < 1.29 is 4.39 Å². The Morgan fingerprint density at radius 2 is 1.72 bits per heavy atom. The number of fused-ring (bicyclic) bond motifs is 1. The Kier molecular flexibility index (Phi) is 4.46. The highest BCUT2D eigenvalue weighted by Gasteiger charge is 2.18. The number of hydrogen-bond donors (Lipinski definition) is 0. The number of hydrogen-bond acceptors (Lipinski definition) is 2. The van der Waals surface area contributed by atoms with Crippen molar-refractivity contribution in [2.75, 3.05) is 0 Å². The molecule has 0 aliphatic carbocycles. The van der Waals surface area contributed by atoms with Gasteiger partial charge in [0.05, 0.1) is 16.6 Å². The van der Waals surface area contributed by atoms with E-state index in [-0.39, 0.29) is 17.3 Å². The summed E-state index contributed by atoms with van der Waals surface area (Å²) >= 11 is 0. The Morgan fingerprint density at radius 3 is 2.32 bits per heavy atom. The number of aromatic nitrogens is 2. The van der Waals surface area contributed by atoms with Crippen LogP contribution in [0.2, 0.25) is 0 Å². The first-order chi connectivity index (χ1) is 11.8. The predicted octanol–water partition coefficient (Wildman–Crippen LogP) is 4.96. The maximum Gasteiger partial charge on any atom is 0.265 e. The summed E-state index contributed by atoms with van der Waals surface area (Å²) in [5, 5.41) is 0.449. The van der Waals surface area contributed by atoms with E-state index in [2.05, 4.69) is 18.0 Å². The highest BCUT2D eigenvalue weighted by molar-refractivity contribution is 5.79. The van der Waals surface area contributed by atoms with E-state index in [1.165, 1.54) is 6.07 Å². The molecular weight excluding hydrogens is 315 g/mol. The second kappa shape index (κ2) is 6.43. The summed E-state index contributed by atoms with van der Waals surface area (Å²) in [6.07, 6.45) is 0.844.